The number of alkyl halides is 1. The molecule has 0 aromatic carbocycles. The fourth-order valence-corrected chi connectivity index (χ4v) is 2.48. The molecule has 0 heterocycles. The highest BCUT2D eigenvalue weighted by Crippen LogP contribution is 2.09. The number of allylic oxidation sites excluding steroid dienone is 4. The van der Waals surface area contributed by atoms with E-state index in [1.165, 1.54) is 38.5 Å². The first-order valence-corrected chi connectivity index (χ1v) is 10.4. The van der Waals surface area contributed by atoms with E-state index < -0.39 is 6.10 Å². The summed E-state index contributed by atoms with van der Waals surface area (Å²) in [4.78, 5) is 11.4. The van der Waals surface area contributed by atoms with Gasteiger partial charge in [0.05, 0.1) is 5.88 Å². The minimum absolute atomic E-state index is 0.00258. The summed E-state index contributed by atoms with van der Waals surface area (Å²) < 4.78 is 4.93. The summed E-state index contributed by atoms with van der Waals surface area (Å²) in [7, 11) is 0. The number of hydrogen-bond acceptors (Lipinski definition) is 3. The molecule has 0 aliphatic carbocycles. The molecule has 0 unspecified atom stereocenters. The van der Waals surface area contributed by atoms with Gasteiger partial charge < -0.3 is 9.84 Å². The van der Waals surface area contributed by atoms with Gasteiger partial charge in [0, 0.05) is 6.42 Å². The molecule has 0 saturated heterocycles. The highest BCUT2D eigenvalue weighted by Gasteiger charge is 2.07. The van der Waals surface area contributed by atoms with E-state index in [1.807, 2.05) is 0 Å². The first-order valence-electron chi connectivity index (χ1n) is 9.90. The second kappa shape index (κ2) is 19.5. The normalized spacial score (nSPS) is 12.9. The van der Waals surface area contributed by atoms with Gasteiger partial charge in [-0.15, -0.1) is 11.6 Å². The first-order chi connectivity index (χ1) is 12.2. The van der Waals surface area contributed by atoms with Crippen LogP contribution in [0, 0.1) is 0 Å². The highest BCUT2D eigenvalue weighted by atomic mass is 35.5. The summed E-state index contributed by atoms with van der Waals surface area (Å²) in [5.74, 6) is -0.147. The lowest BCUT2D eigenvalue weighted by Crippen LogP contribution is -2.19. The Labute approximate surface area is 159 Å². The minimum Gasteiger partial charge on any atom is -0.463 e. The maximum Gasteiger partial charge on any atom is 0.305 e. The van der Waals surface area contributed by atoms with Crippen LogP contribution >= 0.6 is 11.6 Å². The van der Waals surface area contributed by atoms with Crippen molar-refractivity contribution >= 4 is 17.6 Å². The zero-order valence-electron chi connectivity index (χ0n) is 15.9. The van der Waals surface area contributed by atoms with Crippen molar-refractivity contribution in [1.29, 1.82) is 0 Å². The molecule has 0 fully saturated rings. The van der Waals surface area contributed by atoms with Crippen molar-refractivity contribution in [2.75, 3.05) is 12.5 Å². The molecular weight excluding hydrogens is 336 g/mol. The quantitative estimate of drug-likeness (QED) is 0.149. The van der Waals surface area contributed by atoms with E-state index in [1.54, 1.807) is 0 Å². The van der Waals surface area contributed by atoms with Gasteiger partial charge >= 0.3 is 5.97 Å². The molecule has 0 aliphatic heterocycles. The molecule has 146 valence electrons. The topological polar surface area (TPSA) is 46.5 Å². The van der Waals surface area contributed by atoms with E-state index in [4.69, 9.17) is 16.3 Å². The third-order valence-corrected chi connectivity index (χ3v) is 4.30. The molecule has 0 bridgehead atoms. The first kappa shape index (κ1) is 24.2. The van der Waals surface area contributed by atoms with E-state index in [0.29, 0.717) is 6.42 Å². The molecule has 4 heteroatoms. The number of unbranched alkanes of at least 4 members (excludes halogenated alkanes) is 8. The van der Waals surface area contributed by atoms with Crippen LogP contribution in [0.1, 0.15) is 84.0 Å². The largest absolute Gasteiger partial charge is 0.463 e. The number of aliphatic hydroxyl groups is 1. The monoisotopic (exact) mass is 372 g/mol. The van der Waals surface area contributed by atoms with Crippen LogP contribution in [0.5, 0.6) is 0 Å². The average Bonchev–Trinajstić information content (AvgIpc) is 2.62. The van der Waals surface area contributed by atoms with Crippen molar-refractivity contribution in [2.24, 2.45) is 0 Å². The summed E-state index contributed by atoms with van der Waals surface area (Å²) in [6, 6.07) is 0. The maximum absolute atomic E-state index is 11.4. The van der Waals surface area contributed by atoms with Crippen LogP contribution in [0.3, 0.4) is 0 Å². The van der Waals surface area contributed by atoms with E-state index in [2.05, 4.69) is 31.2 Å². The Morgan fingerprint density at radius 3 is 2.20 bits per heavy atom. The third kappa shape index (κ3) is 19.4. The second-order valence-electron chi connectivity index (χ2n) is 6.47. The Morgan fingerprint density at radius 2 is 1.56 bits per heavy atom. The molecule has 0 spiro atoms. The van der Waals surface area contributed by atoms with Crippen molar-refractivity contribution in [1.82, 2.24) is 0 Å². The summed E-state index contributed by atoms with van der Waals surface area (Å²) in [6.45, 7) is 2.24. The number of ether oxygens (including phenoxy) is 1. The molecule has 0 saturated carbocycles. The van der Waals surface area contributed by atoms with Crippen LogP contribution < -0.4 is 0 Å². The van der Waals surface area contributed by atoms with Crippen molar-refractivity contribution < 1.29 is 14.6 Å². The maximum atomic E-state index is 11.4. The van der Waals surface area contributed by atoms with E-state index in [0.717, 1.165) is 32.1 Å². The second-order valence-corrected chi connectivity index (χ2v) is 6.78. The average molecular weight is 373 g/mol. The van der Waals surface area contributed by atoms with Gasteiger partial charge in [0.15, 0.2) is 0 Å². The Bertz CT molecular complexity index is 353. The van der Waals surface area contributed by atoms with Crippen molar-refractivity contribution in [3.63, 3.8) is 0 Å². The smallest absolute Gasteiger partial charge is 0.305 e. The number of halogens is 1. The van der Waals surface area contributed by atoms with Crippen LogP contribution in [0.4, 0.5) is 0 Å². The van der Waals surface area contributed by atoms with Gasteiger partial charge in [-0.25, -0.2) is 0 Å². The van der Waals surface area contributed by atoms with Crippen LogP contribution in [0.2, 0.25) is 0 Å². The van der Waals surface area contributed by atoms with Crippen LogP contribution in [0.25, 0.3) is 0 Å². The lowest BCUT2D eigenvalue weighted by Gasteiger charge is -2.07. The molecule has 1 N–H and O–H groups in total. The van der Waals surface area contributed by atoms with E-state index in [9.17, 15) is 9.90 Å². The zero-order chi connectivity index (χ0) is 18.6. The van der Waals surface area contributed by atoms with Crippen molar-refractivity contribution in [3.05, 3.63) is 24.3 Å². The number of esters is 1. The summed E-state index contributed by atoms with van der Waals surface area (Å²) in [5.41, 5.74) is 0. The predicted molar refractivity (Wildman–Crippen MR) is 107 cm³/mol. The number of hydrogen-bond donors (Lipinski definition) is 1. The number of carbonyl (C=O) groups is 1. The molecule has 0 radical (unpaired) electrons. The summed E-state index contributed by atoms with van der Waals surface area (Å²) >= 11 is 5.43. The standard InChI is InChI=1S/C21H37ClO3/c1-2-3-4-5-6-7-8-9-10-11-12-13-14-15-16-17-21(24)25-19-20(23)18-22/h6-7,9-10,20,23H,2-5,8,11-19H2,1H3/b7-6-,10-9-/t20-/m1/s1. The molecule has 0 aliphatic rings. The molecule has 1 atom stereocenters. The Kier molecular flexibility index (Phi) is 18.9. The van der Waals surface area contributed by atoms with Gasteiger partial charge in [-0.05, 0) is 38.5 Å². The Morgan fingerprint density at radius 1 is 0.960 bits per heavy atom. The Hall–Kier alpha value is -0.800. The molecule has 0 rings (SSSR count). The fraction of sp³-hybridized carbons (Fsp3) is 0.762. The van der Waals surface area contributed by atoms with Crippen molar-refractivity contribution in [3.8, 4) is 0 Å². The molecule has 0 amide bonds. The molecule has 0 aromatic rings. The number of aliphatic hydroxyl groups excluding tert-OH is 1. The number of carbonyl (C=O) groups excluding carboxylic acids is 1. The predicted octanol–water partition coefficient (Wildman–Crippen LogP) is 5.94. The van der Waals surface area contributed by atoms with Crippen molar-refractivity contribution in [2.45, 2.75) is 90.1 Å². The van der Waals surface area contributed by atoms with E-state index in [-0.39, 0.29) is 18.5 Å². The van der Waals surface area contributed by atoms with Gasteiger partial charge in [0.25, 0.3) is 0 Å². The SMILES string of the molecule is CCCCC/C=C\C/C=C\CCCCCCCC(=O)OC[C@H](O)CCl. The third-order valence-electron chi connectivity index (χ3n) is 3.95. The van der Waals surface area contributed by atoms with Gasteiger partial charge in [-0.2, -0.15) is 0 Å². The van der Waals surface area contributed by atoms with E-state index >= 15 is 0 Å². The molecule has 0 aromatic heterocycles. The van der Waals surface area contributed by atoms with Gasteiger partial charge in [0.1, 0.15) is 12.7 Å². The lowest BCUT2D eigenvalue weighted by molar-refractivity contribution is -0.146. The summed E-state index contributed by atoms with van der Waals surface area (Å²) in [5, 5.41) is 9.19. The highest BCUT2D eigenvalue weighted by molar-refractivity contribution is 6.18. The Balaban J connectivity index is 3.30. The molecular formula is C21H37ClO3. The minimum atomic E-state index is -0.754. The van der Waals surface area contributed by atoms with Crippen LogP contribution in [-0.2, 0) is 9.53 Å². The van der Waals surface area contributed by atoms with Gasteiger partial charge in [-0.1, -0.05) is 63.3 Å². The summed E-state index contributed by atoms with van der Waals surface area (Å²) in [6.07, 6.45) is 21.6. The molecule has 25 heavy (non-hydrogen) atoms. The molecule has 3 nitrogen and oxygen atoms in total. The zero-order valence-corrected chi connectivity index (χ0v) is 16.7. The fourth-order valence-electron chi connectivity index (χ4n) is 2.39. The van der Waals surface area contributed by atoms with Gasteiger partial charge in [0.2, 0.25) is 0 Å². The van der Waals surface area contributed by atoms with Crippen LogP contribution in [0.15, 0.2) is 24.3 Å². The number of rotatable bonds is 17. The van der Waals surface area contributed by atoms with Crippen LogP contribution in [-0.4, -0.2) is 29.7 Å². The lowest BCUT2D eigenvalue weighted by atomic mass is 10.1. The van der Waals surface area contributed by atoms with Gasteiger partial charge in [-0.3, -0.25) is 4.79 Å².